The number of thiazole rings is 1. The highest BCUT2D eigenvalue weighted by molar-refractivity contribution is 8.00. The van der Waals surface area contributed by atoms with Crippen LogP contribution in [0.15, 0.2) is 26.1 Å². The number of aromatic nitrogens is 1. The van der Waals surface area contributed by atoms with Crippen LogP contribution in [0.4, 0.5) is 5.13 Å². The van der Waals surface area contributed by atoms with Crippen LogP contribution in [-0.4, -0.2) is 23.4 Å². The van der Waals surface area contributed by atoms with Gasteiger partial charge in [-0.15, -0.1) is 34.4 Å². The highest BCUT2D eigenvalue weighted by Crippen LogP contribution is 2.25. The van der Waals surface area contributed by atoms with Crippen molar-refractivity contribution in [1.29, 1.82) is 0 Å². The number of carbonyl (C=O) groups excluding carboxylic acids is 1. The summed E-state index contributed by atoms with van der Waals surface area (Å²) in [6.07, 6.45) is 3.84. The third-order valence-electron chi connectivity index (χ3n) is 2.15. The Balaban J connectivity index is 1.86. The quantitative estimate of drug-likeness (QED) is 0.504. The van der Waals surface area contributed by atoms with E-state index in [1.165, 1.54) is 15.5 Å². The molecule has 8 heteroatoms. The molecule has 0 aliphatic carbocycles. The first-order valence-corrected chi connectivity index (χ1v) is 8.30. The number of hydrogen-bond donors (Lipinski definition) is 2. The number of anilines is 1. The first-order chi connectivity index (χ1) is 9.19. The molecule has 0 unspecified atom stereocenters. The summed E-state index contributed by atoms with van der Waals surface area (Å²) in [7, 11) is 0. The summed E-state index contributed by atoms with van der Waals surface area (Å²) in [5, 5.41) is 8.17. The summed E-state index contributed by atoms with van der Waals surface area (Å²) in [6.45, 7) is 0. The molecule has 1 amide bonds. The van der Waals surface area contributed by atoms with Gasteiger partial charge in [0.1, 0.15) is 0 Å². The van der Waals surface area contributed by atoms with Gasteiger partial charge in [0.05, 0.1) is 22.5 Å². The Bertz CT molecular complexity index is 590. The van der Waals surface area contributed by atoms with Gasteiger partial charge in [0.2, 0.25) is 5.91 Å². The van der Waals surface area contributed by atoms with E-state index < -0.39 is 0 Å². The number of amides is 1. The lowest BCUT2D eigenvalue weighted by Gasteiger charge is -1.97. The maximum Gasteiger partial charge on any atom is 0.246 e. The summed E-state index contributed by atoms with van der Waals surface area (Å²) in [6, 6.07) is 1.97. The fourth-order valence-electron chi connectivity index (χ4n) is 1.35. The van der Waals surface area contributed by atoms with Crippen LogP contribution in [-0.2, 0) is 11.2 Å². The van der Waals surface area contributed by atoms with Crippen LogP contribution in [0.2, 0.25) is 0 Å². The SMILES string of the molecule is CSc1sccc1/C=N\NC(=O)Cc1csc(N)n1. The maximum atomic E-state index is 11.6. The van der Waals surface area contributed by atoms with Crippen LogP contribution in [0.3, 0.4) is 0 Å². The smallest absolute Gasteiger partial charge is 0.246 e. The lowest BCUT2D eigenvalue weighted by atomic mass is 10.3. The number of nitrogen functional groups attached to an aromatic ring is 1. The minimum absolute atomic E-state index is 0.185. The molecule has 0 aliphatic heterocycles. The molecule has 2 heterocycles. The van der Waals surface area contributed by atoms with Gasteiger partial charge in [-0.1, -0.05) is 0 Å². The Morgan fingerprint density at radius 1 is 1.63 bits per heavy atom. The first kappa shape index (κ1) is 14.0. The van der Waals surface area contributed by atoms with Crippen molar-refractivity contribution in [3.05, 3.63) is 28.1 Å². The number of carbonyl (C=O) groups is 1. The Hall–Kier alpha value is -1.38. The third kappa shape index (κ3) is 4.05. The van der Waals surface area contributed by atoms with E-state index in [2.05, 4.69) is 15.5 Å². The Morgan fingerprint density at radius 2 is 2.47 bits per heavy atom. The standard InChI is InChI=1S/C11H12N4OS3/c1-17-10-7(2-3-18-10)5-13-15-9(16)4-8-6-19-11(12)14-8/h2-3,5-6H,4H2,1H3,(H2,12,14)(H,15,16)/b13-5-. The number of nitrogens with zero attached hydrogens (tertiary/aromatic N) is 2. The van der Waals surface area contributed by atoms with Gasteiger partial charge in [0.15, 0.2) is 5.13 Å². The topological polar surface area (TPSA) is 80.4 Å². The second-order valence-electron chi connectivity index (χ2n) is 3.51. The zero-order chi connectivity index (χ0) is 13.7. The molecule has 0 saturated heterocycles. The zero-order valence-corrected chi connectivity index (χ0v) is 12.6. The molecule has 2 aromatic heterocycles. The number of thiophene rings is 1. The van der Waals surface area contributed by atoms with Crippen LogP contribution in [0, 0.1) is 0 Å². The fraction of sp³-hybridized carbons (Fsp3) is 0.182. The van der Waals surface area contributed by atoms with Crippen molar-refractivity contribution in [2.45, 2.75) is 10.6 Å². The minimum Gasteiger partial charge on any atom is -0.375 e. The Kier molecular flexibility index (Phi) is 4.94. The molecule has 0 bridgehead atoms. The molecule has 0 aromatic carbocycles. The monoisotopic (exact) mass is 312 g/mol. The summed E-state index contributed by atoms with van der Waals surface area (Å²) in [5.74, 6) is -0.206. The largest absolute Gasteiger partial charge is 0.375 e. The van der Waals surface area contributed by atoms with E-state index in [0.717, 1.165) is 5.56 Å². The number of nitrogens with two attached hydrogens (primary N) is 1. The minimum atomic E-state index is -0.206. The molecule has 0 radical (unpaired) electrons. The first-order valence-electron chi connectivity index (χ1n) is 5.32. The summed E-state index contributed by atoms with van der Waals surface area (Å²) in [5.41, 5.74) is 9.65. The average molecular weight is 312 g/mol. The third-order valence-corrected chi connectivity index (χ3v) is 4.99. The van der Waals surface area contributed by atoms with E-state index in [-0.39, 0.29) is 12.3 Å². The van der Waals surface area contributed by atoms with Crippen molar-refractivity contribution in [1.82, 2.24) is 10.4 Å². The van der Waals surface area contributed by atoms with E-state index in [1.54, 1.807) is 34.7 Å². The van der Waals surface area contributed by atoms with Crippen molar-refractivity contribution < 1.29 is 4.79 Å². The van der Waals surface area contributed by atoms with E-state index in [1.807, 2.05) is 17.7 Å². The molecule has 5 nitrogen and oxygen atoms in total. The van der Waals surface area contributed by atoms with Crippen molar-refractivity contribution in [2.75, 3.05) is 12.0 Å². The van der Waals surface area contributed by atoms with Gasteiger partial charge < -0.3 is 5.73 Å². The van der Waals surface area contributed by atoms with Crippen LogP contribution in [0.1, 0.15) is 11.3 Å². The van der Waals surface area contributed by atoms with Crippen molar-refractivity contribution >= 4 is 51.7 Å². The predicted octanol–water partition coefficient (Wildman–Crippen LogP) is 2.20. The van der Waals surface area contributed by atoms with Gasteiger partial charge in [-0.2, -0.15) is 5.10 Å². The Labute approximate surface area is 122 Å². The van der Waals surface area contributed by atoms with Crippen LogP contribution < -0.4 is 11.2 Å². The molecular weight excluding hydrogens is 300 g/mol. The van der Waals surface area contributed by atoms with E-state index in [4.69, 9.17) is 5.73 Å². The van der Waals surface area contributed by atoms with Gasteiger partial charge in [-0.05, 0) is 17.7 Å². The summed E-state index contributed by atoms with van der Waals surface area (Å²) >= 11 is 4.63. The molecule has 0 fully saturated rings. The molecule has 3 N–H and O–H groups in total. The molecule has 100 valence electrons. The molecule has 0 saturated carbocycles. The molecule has 0 aliphatic rings. The van der Waals surface area contributed by atoms with Crippen molar-refractivity contribution in [3.8, 4) is 0 Å². The van der Waals surface area contributed by atoms with Gasteiger partial charge in [-0.3, -0.25) is 4.79 Å². The van der Waals surface area contributed by atoms with Gasteiger partial charge in [0.25, 0.3) is 0 Å². The highest BCUT2D eigenvalue weighted by atomic mass is 32.2. The molecule has 2 aromatic rings. The van der Waals surface area contributed by atoms with Crippen LogP contribution in [0.5, 0.6) is 0 Å². The van der Waals surface area contributed by atoms with E-state index in [9.17, 15) is 4.79 Å². The summed E-state index contributed by atoms with van der Waals surface area (Å²) < 4.78 is 1.17. The van der Waals surface area contributed by atoms with Crippen molar-refractivity contribution in [2.24, 2.45) is 5.10 Å². The maximum absolute atomic E-state index is 11.6. The van der Waals surface area contributed by atoms with Crippen LogP contribution in [0.25, 0.3) is 0 Å². The second-order valence-corrected chi connectivity index (χ2v) is 6.40. The van der Waals surface area contributed by atoms with Crippen LogP contribution >= 0.6 is 34.4 Å². The lowest BCUT2D eigenvalue weighted by Crippen LogP contribution is -2.19. The van der Waals surface area contributed by atoms with Crippen molar-refractivity contribution in [3.63, 3.8) is 0 Å². The van der Waals surface area contributed by atoms with E-state index >= 15 is 0 Å². The number of hydrogen-bond acceptors (Lipinski definition) is 7. The number of thioether (sulfide) groups is 1. The number of nitrogens with one attached hydrogen (secondary N) is 1. The normalized spacial score (nSPS) is 11.0. The number of rotatable bonds is 5. The zero-order valence-electron chi connectivity index (χ0n) is 10.1. The van der Waals surface area contributed by atoms with Gasteiger partial charge in [0, 0.05) is 10.9 Å². The number of hydrazone groups is 1. The highest BCUT2D eigenvalue weighted by Gasteiger charge is 2.05. The molecule has 0 atom stereocenters. The average Bonchev–Trinajstić information content (AvgIpc) is 2.98. The second kappa shape index (κ2) is 6.69. The molecule has 2 rings (SSSR count). The Morgan fingerprint density at radius 3 is 3.16 bits per heavy atom. The summed E-state index contributed by atoms with van der Waals surface area (Å²) in [4.78, 5) is 15.6. The predicted molar refractivity (Wildman–Crippen MR) is 82.1 cm³/mol. The lowest BCUT2D eigenvalue weighted by molar-refractivity contribution is -0.120. The van der Waals surface area contributed by atoms with Gasteiger partial charge >= 0.3 is 0 Å². The van der Waals surface area contributed by atoms with E-state index in [0.29, 0.717) is 10.8 Å². The molecule has 0 spiro atoms. The molecular formula is C11H12N4OS3. The fourth-order valence-corrected chi connectivity index (χ4v) is 3.41. The molecule has 19 heavy (non-hydrogen) atoms. The van der Waals surface area contributed by atoms with Gasteiger partial charge in [-0.25, -0.2) is 10.4 Å².